The van der Waals surface area contributed by atoms with Crippen LogP contribution in [0.15, 0.2) is 84.9 Å². The van der Waals surface area contributed by atoms with E-state index in [9.17, 15) is 0 Å². The summed E-state index contributed by atoms with van der Waals surface area (Å²) in [6.45, 7) is 0. The molecule has 3 aromatic carbocycles. The molecule has 0 atom stereocenters. The minimum atomic E-state index is 0.959. The molecule has 4 rings (SSSR count). The zero-order valence-corrected chi connectivity index (χ0v) is 12.6. The van der Waals surface area contributed by atoms with Crippen LogP contribution in [0.3, 0.4) is 0 Å². The standard InChI is InChI=1S/C22H15N/c1-3-9-17(10-4-1)15-16-21-22(18-11-5-2-6-12-18)19-13-7-8-14-20(19)23-21/h1-14,23H. The van der Waals surface area contributed by atoms with Gasteiger partial charge in [-0.15, -0.1) is 0 Å². The molecule has 0 spiro atoms. The molecule has 0 amide bonds. The van der Waals surface area contributed by atoms with Gasteiger partial charge in [0.1, 0.15) is 0 Å². The Bertz CT molecular complexity index is 999. The van der Waals surface area contributed by atoms with Crippen molar-refractivity contribution < 1.29 is 0 Å². The normalized spacial score (nSPS) is 10.3. The van der Waals surface area contributed by atoms with Crippen molar-refractivity contribution in [2.45, 2.75) is 0 Å². The fraction of sp³-hybridized carbons (Fsp3) is 0. The molecule has 0 aliphatic carbocycles. The third-order valence-electron chi connectivity index (χ3n) is 3.87. The summed E-state index contributed by atoms with van der Waals surface area (Å²) in [6.07, 6.45) is 0. The number of aromatic amines is 1. The van der Waals surface area contributed by atoms with Crippen molar-refractivity contribution in [2.24, 2.45) is 0 Å². The first-order chi connectivity index (χ1) is 11.4. The van der Waals surface area contributed by atoms with Crippen LogP contribution >= 0.6 is 0 Å². The van der Waals surface area contributed by atoms with Gasteiger partial charge in [0.15, 0.2) is 0 Å². The van der Waals surface area contributed by atoms with Crippen LogP contribution in [0.1, 0.15) is 11.3 Å². The van der Waals surface area contributed by atoms with Gasteiger partial charge in [0, 0.05) is 22.0 Å². The van der Waals surface area contributed by atoms with Crippen LogP contribution in [0.2, 0.25) is 0 Å². The molecule has 23 heavy (non-hydrogen) atoms. The second-order valence-electron chi connectivity index (χ2n) is 5.40. The molecule has 1 aromatic heterocycles. The van der Waals surface area contributed by atoms with Crippen molar-refractivity contribution >= 4 is 10.9 Å². The lowest BCUT2D eigenvalue weighted by Gasteiger charge is -2.00. The van der Waals surface area contributed by atoms with E-state index in [1.807, 2.05) is 42.5 Å². The van der Waals surface area contributed by atoms with Crippen LogP contribution in [-0.4, -0.2) is 4.98 Å². The van der Waals surface area contributed by atoms with Gasteiger partial charge >= 0.3 is 0 Å². The van der Waals surface area contributed by atoms with Gasteiger partial charge in [-0.3, -0.25) is 0 Å². The average Bonchev–Trinajstić information content (AvgIpc) is 3.00. The molecule has 0 radical (unpaired) electrons. The van der Waals surface area contributed by atoms with E-state index in [0.29, 0.717) is 0 Å². The highest BCUT2D eigenvalue weighted by Crippen LogP contribution is 2.31. The van der Waals surface area contributed by atoms with Crippen molar-refractivity contribution in [3.05, 3.63) is 96.2 Å². The molecule has 0 fully saturated rings. The summed E-state index contributed by atoms with van der Waals surface area (Å²) >= 11 is 0. The summed E-state index contributed by atoms with van der Waals surface area (Å²) in [5, 5.41) is 1.20. The molecule has 0 saturated carbocycles. The highest BCUT2D eigenvalue weighted by Gasteiger charge is 2.11. The van der Waals surface area contributed by atoms with Gasteiger partial charge in [0.25, 0.3) is 0 Å². The van der Waals surface area contributed by atoms with E-state index in [0.717, 1.165) is 16.8 Å². The fourth-order valence-electron chi connectivity index (χ4n) is 2.80. The van der Waals surface area contributed by atoms with E-state index in [1.54, 1.807) is 0 Å². The number of aromatic nitrogens is 1. The minimum absolute atomic E-state index is 0.959. The van der Waals surface area contributed by atoms with Crippen molar-refractivity contribution in [1.29, 1.82) is 0 Å². The Morgan fingerprint density at radius 3 is 2.04 bits per heavy atom. The monoisotopic (exact) mass is 293 g/mol. The summed E-state index contributed by atoms with van der Waals surface area (Å²) < 4.78 is 0. The maximum absolute atomic E-state index is 3.46. The predicted octanol–water partition coefficient (Wildman–Crippen LogP) is 5.23. The van der Waals surface area contributed by atoms with Crippen LogP contribution in [0.5, 0.6) is 0 Å². The molecular weight excluding hydrogens is 278 g/mol. The number of para-hydroxylation sites is 1. The predicted molar refractivity (Wildman–Crippen MR) is 96.2 cm³/mol. The highest BCUT2D eigenvalue weighted by molar-refractivity contribution is 5.98. The molecule has 1 heterocycles. The Labute approximate surface area is 135 Å². The second-order valence-corrected chi connectivity index (χ2v) is 5.40. The summed E-state index contributed by atoms with van der Waals surface area (Å²) in [7, 11) is 0. The Kier molecular flexibility index (Phi) is 3.42. The Morgan fingerprint density at radius 2 is 1.26 bits per heavy atom. The van der Waals surface area contributed by atoms with Crippen LogP contribution < -0.4 is 0 Å². The van der Waals surface area contributed by atoms with Gasteiger partial charge in [0.05, 0.1) is 5.69 Å². The van der Waals surface area contributed by atoms with E-state index in [1.165, 1.54) is 16.5 Å². The summed E-state index contributed by atoms with van der Waals surface area (Å²) in [4.78, 5) is 3.46. The summed E-state index contributed by atoms with van der Waals surface area (Å²) in [5.74, 6) is 6.56. The zero-order valence-electron chi connectivity index (χ0n) is 12.6. The Hall–Kier alpha value is -3.24. The Morgan fingerprint density at radius 1 is 0.609 bits per heavy atom. The van der Waals surface area contributed by atoms with E-state index in [2.05, 4.69) is 59.3 Å². The van der Waals surface area contributed by atoms with Gasteiger partial charge in [0.2, 0.25) is 0 Å². The van der Waals surface area contributed by atoms with E-state index in [4.69, 9.17) is 0 Å². The van der Waals surface area contributed by atoms with Gasteiger partial charge in [-0.2, -0.15) is 0 Å². The van der Waals surface area contributed by atoms with E-state index < -0.39 is 0 Å². The van der Waals surface area contributed by atoms with Crippen LogP contribution in [0.25, 0.3) is 22.0 Å². The Balaban J connectivity index is 1.92. The number of hydrogen-bond acceptors (Lipinski definition) is 0. The molecule has 0 unspecified atom stereocenters. The average molecular weight is 293 g/mol. The SMILES string of the molecule is C(#Cc1[nH]c2ccccc2c1-c1ccccc1)c1ccccc1. The molecule has 0 aliphatic rings. The highest BCUT2D eigenvalue weighted by atomic mass is 14.7. The first kappa shape index (κ1) is 13.4. The summed E-state index contributed by atoms with van der Waals surface area (Å²) in [6, 6.07) is 28.8. The number of nitrogens with one attached hydrogen (secondary N) is 1. The van der Waals surface area contributed by atoms with Crippen LogP contribution in [0, 0.1) is 11.8 Å². The van der Waals surface area contributed by atoms with Crippen molar-refractivity contribution in [3.63, 3.8) is 0 Å². The molecule has 0 aliphatic heterocycles. The lowest BCUT2D eigenvalue weighted by atomic mass is 10.0. The van der Waals surface area contributed by atoms with Crippen LogP contribution in [0.4, 0.5) is 0 Å². The van der Waals surface area contributed by atoms with Crippen molar-refractivity contribution in [3.8, 4) is 23.0 Å². The molecule has 1 nitrogen and oxygen atoms in total. The molecule has 108 valence electrons. The molecule has 0 saturated heterocycles. The molecule has 1 N–H and O–H groups in total. The maximum Gasteiger partial charge on any atom is 0.0987 e. The van der Waals surface area contributed by atoms with Crippen molar-refractivity contribution in [1.82, 2.24) is 4.98 Å². The number of H-pyrrole nitrogens is 1. The van der Waals surface area contributed by atoms with Gasteiger partial charge < -0.3 is 4.98 Å². The molecule has 4 aromatic rings. The smallest absolute Gasteiger partial charge is 0.0987 e. The topological polar surface area (TPSA) is 15.8 Å². The maximum atomic E-state index is 3.46. The molecule has 1 heteroatoms. The number of hydrogen-bond donors (Lipinski definition) is 1. The lowest BCUT2D eigenvalue weighted by Crippen LogP contribution is -1.81. The third-order valence-corrected chi connectivity index (χ3v) is 3.87. The van der Waals surface area contributed by atoms with E-state index in [-0.39, 0.29) is 0 Å². The van der Waals surface area contributed by atoms with Gasteiger partial charge in [-0.05, 0) is 29.7 Å². The third kappa shape index (κ3) is 2.63. The lowest BCUT2D eigenvalue weighted by molar-refractivity contribution is 1.42. The van der Waals surface area contributed by atoms with Crippen molar-refractivity contribution in [2.75, 3.05) is 0 Å². The number of rotatable bonds is 1. The van der Waals surface area contributed by atoms with E-state index >= 15 is 0 Å². The first-order valence-electron chi connectivity index (χ1n) is 7.65. The largest absolute Gasteiger partial charge is 0.348 e. The first-order valence-corrected chi connectivity index (χ1v) is 7.65. The molecular formula is C22H15N. The minimum Gasteiger partial charge on any atom is -0.348 e. The summed E-state index contributed by atoms with van der Waals surface area (Å²) in [5.41, 5.74) is 5.45. The number of benzene rings is 3. The fourth-order valence-corrected chi connectivity index (χ4v) is 2.80. The zero-order chi connectivity index (χ0) is 15.5. The number of fused-ring (bicyclic) bond motifs is 1. The van der Waals surface area contributed by atoms with Gasteiger partial charge in [-0.25, -0.2) is 0 Å². The quantitative estimate of drug-likeness (QED) is 0.462. The van der Waals surface area contributed by atoms with Crippen LogP contribution in [-0.2, 0) is 0 Å². The van der Waals surface area contributed by atoms with Gasteiger partial charge in [-0.1, -0.05) is 72.7 Å². The molecule has 0 bridgehead atoms. The second kappa shape index (κ2) is 5.87.